The van der Waals surface area contributed by atoms with E-state index in [-0.39, 0.29) is 17.3 Å². The molecule has 3 aromatic carbocycles. The quantitative estimate of drug-likeness (QED) is 0.282. The van der Waals surface area contributed by atoms with Gasteiger partial charge in [-0.15, -0.1) is 0 Å². The molecule has 206 valence electrons. The van der Waals surface area contributed by atoms with Gasteiger partial charge in [-0.1, -0.05) is 12.1 Å². The van der Waals surface area contributed by atoms with Gasteiger partial charge in [0.15, 0.2) is 0 Å². The summed E-state index contributed by atoms with van der Waals surface area (Å²) in [6.07, 6.45) is -0.124. The SMILES string of the molecule is CNC(=O)c1cc(Oc2ccc3c(C(=O)Nc4cc(C(F)(F)F)ccc4N4CCCCC4)cccc3c2)ccn1. The summed E-state index contributed by atoms with van der Waals surface area (Å²) in [4.78, 5) is 31.4. The maximum atomic E-state index is 13.5. The molecule has 0 saturated carbocycles. The number of carbonyl (C=O) groups is 2. The zero-order valence-electron chi connectivity index (χ0n) is 21.7. The Morgan fingerprint density at radius 1 is 0.900 bits per heavy atom. The third-order valence-electron chi connectivity index (χ3n) is 6.79. The molecule has 7 nitrogen and oxygen atoms in total. The molecule has 0 radical (unpaired) electrons. The lowest BCUT2D eigenvalue weighted by atomic mass is 10.0. The van der Waals surface area contributed by atoms with Crippen molar-refractivity contribution in [3.8, 4) is 11.5 Å². The van der Waals surface area contributed by atoms with Gasteiger partial charge in [-0.05, 0) is 78.6 Å². The van der Waals surface area contributed by atoms with E-state index in [2.05, 4.69) is 15.6 Å². The van der Waals surface area contributed by atoms with Crippen LogP contribution >= 0.6 is 0 Å². The van der Waals surface area contributed by atoms with Crippen molar-refractivity contribution in [2.24, 2.45) is 0 Å². The van der Waals surface area contributed by atoms with Gasteiger partial charge in [0.05, 0.1) is 16.9 Å². The van der Waals surface area contributed by atoms with E-state index in [1.165, 1.54) is 25.4 Å². The minimum absolute atomic E-state index is 0.128. The largest absolute Gasteiger partial charge is 0.457 e. The van der Waals surface area contributed by atoms with E-state index < -0.39 is 17.6 Å². The summed E-state index contributed by atoms with van der Waals surface area (Å²) >= 11 is 0. The Morgan fingerprint density at radius 2 is 1.68 bits per heavy atom. The molecule has 0 atom stereocenters. The Kier molecular flexibility index (Phi) is 7.59. The molecule has 1 aliphatic heterocycles. The molecule has 4 aromatic rings. The second-order valence-corrected chi connectivity index (χ2v) is 9.48. The van der Waals surface area contributed by atoms with Crippen molar-refractivity contribution >= 4 is 34.0 Å². The van der Waals surface area contributed by atoms with E-state index in [4.69, 9.17) is 4.74 Å². The number of anilines is 2. The van der Waals surface area contributed by atoms with Crippen molar-refractivity contribution in [3.63, 3.8) is 0 Å². The van der Waals surface area contributed by atoms with Crippen LogP contribution in [-0.4, -0.2) is 36.9 Å². The summed E-state index contributed by atoms with van der Waals surface area (Å²) in [6, 6.07) is 16.9. The molecule has 0 unspecified atom stereocenters. The third kappa shape index (κ3) is 5.85. The monoisotopic (exact) mass is 548 g/mol. The number of aromatic nitrogens is 1. The van der Waals surface area contributed by atoms with Crippen molar-refractivity contribution in [1.29, 1.82) is 0 Å². The van der Waals surface area contributed by atoms with Gasteiger partial charge >= 0.3 is 6.18 Å². The average molecular weight is 549 g/mol. The van der Waals surface area contributed by atoms with Crippen LogP contribution in [0.2, 0.25) is 0 Å². The molecule has 2 amide bonds. The van der Waals surface area contributed by atoms with Crippen molar-refractivity contribution in [3.05, 3.63) is 89.7 Å². The molecule has 1 fully saturated rings. The number of ether oxygens (including phenoxy) is 1. The first-order valence-electron chi connectivity index (χ1n) is 12.9. The Bertz CT molecular complexity index is 1570. The van der Waals surface area contributed by atoms with Gasteiger partial charge in [0, 0.05) is 38.0 Å². The topological polar surface area (TPSA) is 83.6 Å². The number of piperidine rings is 1. The normalized spacial score (nSPS) is 13.7. The molecule has 0 aliphatic carbocycles. The van der Waals surface area contributed by atoms with Gasteiger partial charge in [-0.2, -0.15) is 13.2 Å². The van der Waals surface area contributed by atoms with Gasteiger partial charge in [0.2, 0.25) is 0 Å². The van der Waals surface area contributed by atoms with Gasteiger partial charge in [-0.3, -0.25) is 14.6 Å². The number of pyridine rings is 1. The molecule has 40 heavy (non-hydrogen) atoms. The third-order valence-corrected chi connectivity index (χ3v) is 6.79. The fourth-order valence-corrected chi connectivity index (χ4v) is 4.80. The maximum Gasteiger partial charge on any atom is 0.416 e. The highest BCUT2D eigenvalue weighted by Gasteiger charge is 2.32. The van der Waals surface area contributed by atoms with Crippen molar-refractivity contribution in [2.45, 2.75) is 25.4 Å². The van der Waals surface area contributed by atoms with E-state index in [0.717, 1.165) is 31.4 Å². The zero-order chi connectivity index (χ0) is 28.3. The van der Waals surface area contributed by atoms with Crippen molar-refractivity contribution in [2.75, 3.05) is 30.4 Å². The number of nitrogens with zero attached hydrogens (tertiary/aromatic N) is 2. The molecule has 0 bridgehead atoms. The molecule has 1 saturated heterocycles. The fourth-order valence-electron chi connectivity index (χ4n) is 4.80. The predicted molar refractivity (Wildman–Crippen MR) is 147 cm³/mol. The number of nitrogens with one attached hydrogen (secondary N) is 2. The lowest BCUT2D eigenvalue weighted by Gasteiger charge is -2.31. The van der Waals surface area contributed by atoms with Crippen LogP contribution in [0.5, 0.6) is 11.5 Å². The minimum Gasteiger partial charge on any atom is -0.457 e. The summed E-state index contributed by atoms with van der Waals surface area (Å²) in [5, 5.41) is 6.57. The van der Waals surface area contributed by atoms with Crippen LogP contribution in [0, 0.1) is 0 Å². The van der Waals surface area contributed by atoms with Crippen molar-refractivity contribution in [1.82, 2.24) is 10.3 Å². The van der Waals surface area contributed by atoms with E-state index in [9.17, 15) is 22.8 Å². The number of benzene rings is 3. The molecular formula is C30H27F3N4O3. The van der Waals surface area contributed by atoms with Gasteiger partial charge in [0.1, 0.15) is 17.2 Å². The first-order chi connectivity index (χ1) is 19.2. The maximum absolute atomic E-state index is 13.5. The Balaban J connectivity index is 1.43. The molecule has 1 aliphatic rings. The van der Waals surface area contributed by atoms with Crippen molar-refractivity contribution < 1.29 is 27.5 Å². The number of rotatable bonds is 6. The van der Waals surface area contributed by atoms with Gasteiger partial charge in [0.25, 0.3) is 11.8 Å². The van der Waals surface area contributed by atoms with Crippen LogP contribution in [0.4, 0.5) is 24.5 Å². The van der Waals surface area contributed by atoms with Gasteiger partial charge < -0.3 is 20.3 Å². The lowest BCUT2D eigenvalue weighted by molar-refractivity contribution is -0.137. The number of carbonyl (C=O) groups excluding carboxylic acids is 2. The molecular weight excluding hydrogens is 521 g/mol. The predicted octanol–water partition coefficient (Wildman–Crippen LogP) is 6.65. The van der Waals surface area contributed by atoms with Crippen LogP contribution in [0.3, 0.4) is 0 Å². The average Bonchev–Trinajstić information content (AvgIpc) is 2.96. The summed E-state index contributed by atoms with van der Waals surface area (Å²) in [5.41, 5.74) is 0.405. The standard InChI is InChI=1S/C30H27F3N4O3/c1-34-29(39)26-18-22(12-13-35-26)40-21-9-10-23-19(16-21)6-5-7-24(23)28(38)36-25-17-20(30(31,32)33)8-11-27(25)37-14-3-2-4-15-37/h5-13,16-18H,2-4,14-15H2,1H3,(H,34,39)(H,36,38). The number of hydrogen-bond donors (Lipinski definition) is 2. The zero-order valence-corrected chi connectivity index (χ0v) is 21.7. The van der Waals surface area contributed by atoms with E-state index in [0.29, 0.717) is 46.6 Å². The molecule has 10 heteroatoms. The lowest BCUT2D eigenvalue weighted by Crippen LogP contribution is -2.30. The summed E-state index contributed by atoms with van der Waals surface area (Å²) < 4.78 is 46.5. The molecule has 2 N–H and O–H groups in total. The van der Waals surface area contributed by atoms with Crippen LogP contribution in [0.1, 0.15) is 45.7 Å². The minimum atomic E-state index is -4.54. The fraction of sp³-hybridized carbons (Fsp3) is 0.233. The number of fused-ring (bicyclic) bond motifs is 1. The van der Waals surface area contributed by atoms with Crippen LogP contribution in [-0.2, 0) is 6.18 Å². The Hall–Kier alpha value is -4.60. The van der Waals surface area contributed by atoms with Crippen LogP contribution in [0.15, 0.2) is 72.9 Å². The first kappa shape index (κ1) is 27.0. The number of alkyl halides is 3. The summed E-state index contributed by atoms with van der Waals surface area (Å²) in [5.74, 6) is 0.0334. The molecule has 0 spiro atoms. The number of hydrogen-bond acceptors (Lipinski definition) is 5. The number of amides is 2. The number of halogens is 3. The van der Waals surface area contributed by atoms with Crippen LogP contribution < -0.4 is 20.3 Å². The van der Waals surface area contributed by atoms with E-state index >= 15 is 0 Å². The van der Waals surface area contributed by atoms with Crippen LogP contribution in [0.25, 0.3) is 10.8 Å². The smallest absolute Gasteiger partial charge is 0.416 e. The van der Waals surface area contributed by atoms with E-state index in [1.54, 1.807) is 36.4 Å². The summed E-state index contributed by atoms with van der Waals surface area (Å²) in [6.45, 7) is 1.43. The Labute approximate surface area is 229 Å². The highest BCUT2D eigenvalue weighted by Crippen LogP contribution is 2.37. The highest BCUT2D eigenvalue weighted by molar-refractivity contribution is 6.14. The molecule has 1 aromatic heterocycles. The second-order valence-electron chi connectivity index (χ2n) is 9.48. The molecule has 2 heterocycles. The first-order valence-corrected chi connectivity index (χ1v) is 12.9. The highest BCUT2D eigenvalue weighted by atomic mass is 19.4. The summed E-state index contributed by atoms with van der Waals surface area (Å²) in [7, 11) is 1.51. The Morgan fingerprint density at radius 3 is 2.42 bits per heavy atom. The second kappa shape index (κ2) is 11.3. The molecule has 5 rings (SSSR count). The van der Waals surface area contributed by atoms with Gasteiger partial charge in [-0.25, -0.2) is 0 Å². The van der Waals surface area contributed by atoms with E-state index in [1.807, 2.05) is 11.0 Å².